The van der Waals surface area contributed by atoms with Gasteiger partial charge in [-0.2, -0.15) is 5.10 Å². The third-order valence-corrected chi connectivity index (χ3v) is 4.94. The number of benzene rings is 1. The van der Waals surface area contributed by atoms with Crippen molar-refractivity contribution in [2.45, 2.75) is 18.9 Å². The number of hydrogen-bond acceptors (Lipinski definition) is 5. The fourth-order valence-corrected chi connectivity index (χ4v) is 3.55. The topological polar surface area (TPSA) is 67.1 Å². The Labute approximate surface area is 140 Å². The van der Waals surface area contributed by atoms with Gasteiger partial charge in [0.15, 0.2) is 5.65 Å². The first-order valence-corrected chi connectivity index (χ1v) is 8.34. The van der Waals surface area contributed by atoms with Gasteiger partial charge in [0.05, 0.1) is 17.7 Å². The Morgan fingerprint density at radius 2 is 1.88 bits per heavy atom. The Hall–Kier alpha value is -2.47. The number of fused-ring (bicyclic) bond motifs is 1. The summed E-state index contributed by atoms with van der Waals surface area (Å²) < 4.78 is 1.77. The third kappa shape index (κ3) is 2.63. The largest absolute Gasteiger partial charge is 0.388 e. The lowest BCUT2D eigenvalue weighted by atomic mass is 9.87. The van der Waals surface area contributed by atoms with Gasteiger partial charge in [-0.3, -0.25) is 4.68 Å². The number of aromatic nitrogens is 4. The average molecular weight is 323 g/mol. The first kappa shape index (κ1) is 15.1. The summed E-state index contributed by atoms with van der Waals surface area (Å²) in [4.78, 5) is 11.1. The van der Waals surface area contributed by atoms with Gasteiger partial charge in [-0.15, -0.1) is 0 Å². The van der Waals surface area contributed by atoms with Crippen LogP contribution in [0.25, 0.3) is 11.0 Å². The van der Waals surface area contributed by atoms with Crippen LogP contribution < -0.4 is 4.90 Å². The number of aryl methyl sites for hydroxylation is 1. The molecule has 0 bridgehead atoms. The van der Waals surface area contributed by atoms with Crippen molar-refractivity contribution in [2.75, 3.05) is 18.0 Å². The van der Waals surface area contributed by atoms with Crippen molar-refractivity contribution >= 4 is 16.9 Å². The summed E-state index contributed by atoms with van der Waals surface area (Å²) in [5.74, 6) is 1.23. The molecule has 1 aliphatic rings. The molecule has 24 heavy (non-hydrogen) atoms. The van der Waals surface area contributed by atoms with E-state index in [4.69, 9.17) is 0 Å². The molecule has 0 spiro atoms. The van der Waals surface area contributed by atoms with Crippen LogP contribution in [-0.4, -0.2) is 37.9 Å². The summed E-state index contributed by atoms with van der Waals surface area (Å²) in [5, 5.41) is 15.9. The zero-order valence-electron chi connectivity index (χ0n) is 13.7. The molecule has 1 aromatic carbocycles. The van der Waals surface area contributed by atoms with E-state index < -0.39 is 6.10 Å². The monoisotopic (exact) mass is 323 g/mol. The number of piperidine rings is 1. The summed E-state index contributed by atoms with van der Waals surface area (Å²) in [6.45, 7) is 1.77. The van der Waals surface area contributed by atoms with Crippen LogP contribution in [0.5, 0.6) is 0 Å². The molecule has 3 heterocycles. The second kappa shape index (κ2) is 6.20. The normalized spacial score (nSPS) is 17.3. The Morgan fingerprint density at radius 1 is 1.12 bits per heavy atom. The zero-order valence-corrected chi connectivity index (χ0v) is 13.7. The van der Waals surface area contributed by atoms with Crippen molar-refractivity contribution in [3.8, 4) is 0 Å². The van der Waals surface area contributed by atoms with Gasteiger partial charge in [0.1, 0.15) is 12.1 Å². The average Bonchev–Trinajstić information content (AvgIpc) is 3.03. The number of rotatable bonds is 3. The Morgan fingerprint density at radius 3 is 2.62 bits per heavy atom. The summed E-state index contributed by atoms with van der Waals surface area (Å²) in [5.41, 5.74) is 1.86. The van der Waals surface area contributed by atoms with Gasteiger partial charge in [0, 0.05) is 20.1 Å². The standard InChI is InChI=1S/C18H21N5O/c1-22-17-15(11-21-22)18(20-12-19-17)23-9-7-14(8-10-23)16(24)13-5-3-2-4-6-13/h2-6,11-12,14,16,24H,7-10H2,1H3/t16-/m1/s1. The van der Waals surface area contributed by atoms with E-state index in [1.54, 1.807) is 11.0 Å². The van der Waals surface area contributed by atoms with Crippen molar-refractivity contribution in [3.63, 3.8) is 0 Å². The van der Waals surface area contributed by atoms with E-state index in [0.29, 0.717) is 0 Å². The smallest absolute Gasteiger partial charge is 0.163 e. The van der Waals surface area contributed by atoms with Crippen molar-refractivity contribution in [1.82, 2.24) is 19.7 Å². The maximum absolute atomic E-state index is 10.6. The van der Waals surface area contributed by atoms with Crippen LogP contribution in [0.4, 0.5) is 5.82 Å². The van der Waals surface area contributed by atoms with Crippen LogP contribution in [0.3, 0.4) is 0 Å². The molecule has 6 nitrogen and oxygen atoms in total. The third-order valence-electron chi connectivity index (χ3n) is 4.94. The number of nitrogens with zero attached hydrogens (tertiary/aromatic N) is 5. The molecule has 6 heteroatoms. The van der Waals surface area contributed by atoms with E-state index in [0.717, 1.165) is 48.3 Å². The van der Waals surface area contributed by atoms with Gasteiger partial charge in [-0.25, -0.2) is 9.97 Å². The fraction of sp³-hybridized carbons (Fsp3) is 0.389. The fourth-order valence-electron chi connectivity index (χ4n) is 3.55. The highest BCUT2D eigenvalue weighted by Gasteiger charge is 2.27. The summed E-state index contributed by atoms with van der Waals surface area (Å²) >= 11 is 0. The molecule has 0 amide bonds. The molecule has 1 N–H and O–H groups in total. The molecule has 3 aromatic rings. The molecule has 0 unspecified atom stereocenters. The summed E-state index contributed by atoms with van der Waals surface area (Å²) in [6.07, 6.45) is 4.93. The number of aliphatic hydroxyl groups excluding tert-OH is 1. The molecular weight excluding hydrogens is 302 g/mol. The lowest BCUT2D eigenvalue weighted by Gasteiger charge is -2.35. The van der Waals surface area contributed by atoms with Gasteiger partial charge in [0.2, 0.25) is 0 Å². The number of hydrogen-bond donors (Lipinski definition) is 1. The van der Waals surface area contributed by atoms with E-state index in [1.165, 1.54) is 0 Å². The molecule has 0 radical (unpaired) electrons. The molecule has 1 fully saturated rings. The molecule has 2 aromatic heterocycles. The van der Waals surface area contributed by atoms with Crippen LogP contribution in [0.2, 0.25) is 0 Å². The predicted molar refractivity (Wildman–Crippen MR) is 92.6 cm³/mol. The summed E-state index contributed by atoms with van der Waals surface area (Å²) in [7, 11) is 1.89. The van der Waals surface area contributed by atoms with Gasteiger partial charge >= 0.3 is 0 Å². The maximum Gasteiger partial charge on any atom is 0.163 e. The van der Waals surface area contributed by atoms with E-state index in [-0.39, 0.29) is 5.92 Å². The molecule has 1 atom stereocenters. The minimum atomic E-state index is -0.392. The summed E-state index contributed by atoms with van der Waals surface area (Å²) in [6, 6.07) is 9.94. The predicted octanol–water partition coefficient (Wildman–Crippen LogP) is 2.31. The molecule has 4 rings (SSSR count). The SMILES string of the molecule is Cn1ncc2c(N3CCC([C@H](O)c4ccccc4)CC3)ncnc21. The molecule has 0 aliphatic carbocycles. The van der Waals surface area contributed by atoms with Crippen molar-refractivity contribution in [2.24, 2.45) is 13.0 Å². The first-order valence-electron chi connectivity index (χ1n) is 8.34. The highest BCUT2D eigenvalue weighted by Crippen LogP contribution is 2.33. The van der Waals surface area contributed by atoms with Crippen LogP contribution in [-0.2, 0) is 7.05 Å². The molecule has 1 saturated heterocycles. The second-order valence-corrected chi connectivity index (χ2v) is 6.38. The Kier molecular flexibility index (Phi) is 3.90. The first-order chi connectivity index (χ1) is 11.7. The number of aliphatic hydroxyl groups is 1. The molecular formula is C18H21N5O. The van der Waals surface area contributed by atoms with Crippen LogP contribution in [0, 0.1) is 5.92 Å². The minimum Gasteiger partial charge on any atom is -0.388 e. The molecule has 1 aliphatic heterocycles. The quantitative estimate of drug-likeness (QED) is 0.801. The highest BCUT2D eigenvalue weighted by atomic mass is 16.3. The van der Waals surface area contributed by atoms with Crippen LogP contribution >= 0.6 is 0 Å². The van der Waals surface area contributed by atoms with Crippen molar-refractivity contribution in [1.29, 1.82) is 0 Å². The van der Waals surface area contributed by atoms with Gasteiger partial charge in [0.25, 0.3) is 0 Å². The minimum absolute atomic E-state index is 0.287. The van der Waals surface area contributed by atoms with E-state index in [9.17, 15) is 5.11 Å². The van der Waals surface area contributed by atoms with Crippen molar-refractivity contribution < 1.29 is 5.11 Å². The van der Waals surface area contributed by atoms with Gasteiger partial charge in [-0.1, -0.05) is 30.3 Å². The van der Waals surface area contributed by atoms with Crippen molar-refractivity contribution in [3.05, 3.63) is 48.4 Å². The lowest BCUT2D eigenvalue weighted by molar-refractivity contribution is 0.0929. The Balaban J connectivity index is 1.50. The zero-order chi connectivity index (χ0) is 16.5. The van der Waals surface area contributed by atoms with Crippen LogP contribution in [0.15, 0.2) is 42.9 Å². The molecule has 0 saturated carbocycles. The Bertz CT molecular complexity index is 824. The highest BCUT2D eigenvalue weighted by molar-refractivity contribution is 5.86. The second-order valence-electron chi connectivity index (χ2n) is 6.38. The molecule has 124 valence electrons. The van der Waals surface area contributed by atoms with E-state index in [1.807, 2.05) is 43.6 Å². The van der Waals surface area contributed by atoms with E-state index in [2.05, 4.69) is 20.0 Å². The van der Waals surface area contributed by atoms with Gasteiger partial charge < -0.3 is 10.0 Å². The van der Waals surface area contributed by atoms with Gasteiger partial charge in [-0.05, 0) is 24.3 Å². The lowest BCUT2D eigenvalue weighted by Crippen LogP contribution is -2.36. The maximum atomic E-state index is 10.6. The number of anilines is 1. The van der Waals surface area contributed by atoms with Crippen LogP contribution in [0.1, 0.15) is 24.5 Å². The van der Waals surface area contributed by atoms with E-state index >= 15 is 0 Å².